The van der Waals surface area contributed by atoms with Crippen molar-refractivity contribution in [1.29, 1.82) is 0 Å². The van der Waals surface area contributed by atoms with Crippen LogP contribution in [0.3, 0.4) is 0 Å². The molecule has 0 saturated carbocycles. The second-order valence-electron chi connectivity index (χ2n) is 8.44. The SMILES string of the molecule is CO[C@H]1C[C@@](O)(Cn2cnc3c(N)ncnc32)[C@@H](COC(=O)c2ccc(-c3ccccc3)cc2)O1. The van der Waals surface area contributed by atoms with Crippen LogP contribution in [0.1, 0.15) is 16.8 Å². The van der Waals surface area contributed by atoms with E-state index in [4.69, 9.17) is 19.9 Å². The van der Waals surface area contributed by atoms with E-state index in [1.807, 2.05) is 42.5 Å². The van der Waals surface area contributed by atoms with E-state index in [-0.39, 0.29) is 25.4 Å². The summed E-state index contributed by atoms with van der Waals surface area (Å²) in [6.07, 6.45) is 1.58. The maximum Gasteiger partial charge on any atom is 0.338 e. The zero-order valence-corrected chi connectivity index (χ0v) is 19.1. The fourth-order valence-corrected chi connectivity index (χ4v) is 4.25. The van der Waals surface area contributed by atoms with Crippen molar-refractivity contribution in [2.45, 2.75) is 31.0 Å². The van der Waals surface area contributed by atoms with E-state index in [1.54, 1.807) is 16.7 Å². The quantitative estimate of drug-likeness (QED) is 0.386. The molecule has 0 bridgehead atoms. The first-order valence-electron chi connectivity index (χ1n) is 11.1. The minimum absolute atomic E-state index is 0.0911. The summed E-state index contributed by atoms with van der Waals surface area (Å²) in [7, 11) is 1.49. The van der Waals surface area contributed by atoms with Gasteiger partial charge in [0.05, 0.1) is 18.4 Å². The number of hydrogen-bond donors (Lipinski definition) is 2. The van der Waals surface area contributed by atoms with E-state index >= 15 is 0 Å². The molecule has 0 amide bonds. The van der Waals surface area contributed by atoms with Gasteiger partial charge in [0.25, 0.3) is 0 Å². The molecule has 2 aromatic heterocycles. The van der Waals surface area contributed by atoms with Crippen LogP contribution in [-0.2, 0) is 20.8 Å². The number of carbonyl (C=O) groups excluding carboxylic acids is 1. The predicted octanol–water partition coefficient (Wildman–Crippen LogP) is 2.43. The number of fused-ring (bicyclic) bond motifs is 1. The number of aromatic nitrogens is 4. The maximum atomic E-state index is 12.7. The van der Waals surface area contributed by atoms with Crippen LogP contribution in [0.25, 0.3) is 22.3 Å². The Balaban J connectivity index is 1.29. The number of hydrogen-bond acceptors (Lipinski definition) is 9. The molecule has 3 N–H and O–H groups in total. The molecular weight excluding hydrogens is 450 g/mol. The molecule has 3 atom stereocenters. The fourth-order valence-electron chi connectivity index (χ4n) is 4.25. The zero-order chi connectivity index (χ0) is 24.4. The molecule has 5 rings (SSSR count). The van der Waals surface area contributed by atoms with Gasteiger partial charge in [0.15, 0.2) is 17.8 Å². The summed E-state index contributed by atoms with van der Waals surface area (Å²) in [4.78, 5) is 25.1. The van der Waals surface area contributed by atoms with Gasteiger partial charge in [-0.1, -0.05) is 42.5 Å². The minimum Gasteiger partial charge on any atom is -0.459 e. The molecule has 3 heterocycles. The van der Waals surface area contributed by atoms with Crippen LogP contribution in [0.15, 0.2) is 67.3 Å². The van der Waals surface area contributed by atoms with E-state index in [9.17, 15) is 9.90 Å². The van der Waals surface area contributed by atoms with Crippen LogP contribution in [0, 0.1) is 0 Å². The van der Waals surface area contributed by atoms with Crippen LogP contribution in [0.4, 0.5) is 5.82 Å². The van der Waals surface area contributed by atoms with Gasteiger partial charge in [-0.3, -0.25) is 0 Å². The fraction of sp³-hybridized carbons (Fsp3) is 0.280. The number of ether oxygens (including phenoxy) is 3. The lowest BCUT2D eigenvalue weighted by Gasteiger charge is -2.28. The monoisotopic (exact) mass is 475 g/mol. The van der Waals surface area contributed by atoms with Crippen molar-refractivity contribution in [3.05, 3.63) is 72.8 Å². The Morgan fingerprint density at radius 3 is 2.63 bits per heavy atom. The van der Waals surface area contributed by atoms with E-state index in [0.717, 1.165) is 11.1 Å². The standard InChI is InChI=1S/C25H25N5O5/c1-33-20-11-25(32,13-30-15-29-21-22(26)27-14-28-23(21)30)19(35-20)12-34-24(31)18-9-7-17(8-10-18)16-5-3-2-4-6-16/h2-10,14-15,19-20,32H,11-13H2,1H3,(H2,26,27,28)/t19-,20-,25-/m1/s1. The first kappa shape index (κ1) is 22.9. The third-order valence-corrected chi connectivity index (χ3v) is 6.17. The molecule has 1 saturated heterocycles. The molecular formula is C25H25N5O5. The van der Waals surface area contributed by atoms with Crippen LogP contribution in [-0.4, -0.2) is 62.3 Å². The van der Waals surface area contributed by atoms with E-state index in [2.05, 4.69) is 15.0 Å². The molecule has 35 heavy (non-hydrogen) atoms. The number of rotatable bonds is 7. The number of carbonyl (C=O) groups is 1. The summed E-state index contributed by atoms with van der Waals surface area (Å²) in [5.41, 5.74) is 7.86. The Morgan fingerprint density at radius 1 is 1.14 bits per heavy atom. The zero-order valence-electron chi connectivity index (χ0n) is 19.1. The van der Waals surface area contributed by atoms with Gasteiger partial charge < -0.3 is 29.6 Å². The number of benzene rings is 2. The number of nitrogens with two attached hydrogens (primary N) is 1. The largest absolute Gasteiger partial charge is 0.459 e. The van der Waals surface area contributed by atoms with Gasteiger partial charge in [-0.05, 0) is 23.3 Å². The van der Waals surface area contributed by atoms with Crippen molar-refractivity contribution in [2.75, 3.05) is 19.5 Å². The van der Waals surface area contributed by atoms with Gasteiger partial charge in [-0.15, -0.1) is 0 Å². The highest BCUT2D eigenvalue weighted by Crippen LogP contribution is 2.34. The summed E-state index contributed by atoms with van der Waals surface area (Å²) in [5, 5.41) is 11.5. The Bertz CT molecular complexity index is 1330. The van der Waals surface area contributed by atoms with Gasteiger partial charge in [0, 0.05) is 13.5 Å². The molecule has 4 aromatic rings. The van der Waals surface area contributed by atoms with Crippen molar-refractivity contribution < 1.29 is 24.1 Å². The summed E-state index contributed by atoms with van der Waals surface area (Å²) < 4.78 is 18.3. The Kier molecular flexibility index (Phi) is 6.16. The molecule has 180 valence electrons. The third kappa shape index (κ3) is 4.59. The number of esters is 1. The van der Waals surface area contributed by atoms with Crippen LogP contribution >= 0.6 is 0 Å². The normalized spacial score (nSPS) is 21.9. The minimum atomic E-state index is -1.40. The molecule has 0 unspecified atom stereocenters. The van der Waals surface area contributed by atoms with Gasteiger partial charge in [0.2, 0.25) is 0 Å². The molecule has 0 aliphatic carbocycles. The van der Waals surface area contributed by atoms with Crippen LogP contribution in [0.2, 0.25) is 0 Å². The number of anilines is 1. The summed E-state index contributed by atoms with van der Waals surface area (Å²) >= 11 is 0. The smallest absolute Gasteiger partial charge is 0.338 e. The molecule has 2 aromatic carbocycles. The van der Waals surface area contributed by atoms with Gasteiger partial charge in [0.1, 0.15) is 30.2 Å². The highest BCUT2D eigenvalue weighted by molar-refractivity contribution is 5.90. The number of nitrogens with zero attached hydrogens (tertiary/aromatic N) is 4. The first-order valence-corrected chi connectivity index (χ1v) is 11.1. The Labute approximate surface area is 201 Å². The third-order valence-electron chi connectivity index (χ3n) is 6.17. The summed E-state index contributed by atoms with van der Waals surface area (Å²) in [6.45, 7) is -0.0623. The van der Waals surface area contributed by atoms with Crippen molar-refractivity contribution in [3.8, 4) is 11.1 Å². The summed E-state index contributed by atoms with van der Waals surface area (Å²) in [5.74, 6) is -0.257. The van der Waals surface area contributed by atoms with Crippen LogP contribution < -0.4 is 5.73 Å². The van der Waals surface area contributed by atoms with E-state index in [1.165, 1.54) is 19.8 Å². The molecule has 10 nitrogen and oxygen atoms in total. The Hall–Kier alpha value is -3.86. The lowest BCUT2D eigenvalue weighted by atomic mass is 9.95. The molecule has 0 radical (unpaired) electrons. The Morgan fingerprint density at radius 2 is 1.89 bits per heavy atom. The van der Waals surface area contributed by atoms with Crippen molar-refractivity contribution in [3.63, 3.8) is 0 Å². The molecule has 10 heteroatoms. The van der Waals surface area contributed by atoms with E-state index in [0.29, 0.717) is 16.7 Å². The van der Waals surface area contributed by atoms with Gasteiger partial charge in [-0.2, -0.15) is 0 Å². The predicted molar refractivity (Wildman–Crippen MR) is 127 cm³/mol. The van der Waals surface area contributed by atoms with Gasteiger partial charge >= 0.3 is 5.97 Å². The highest BCUT2D eigenvalue weighted by Gasteiger charge is 2.49. The second-order valence-corrected chi connectivity index (χ2v) is 8.44. The van der Waals surface area contributed by atoms with Crippen molar-refractivity contribution in [1.82, 2.24) is 19.5 Å². The van der Waals surface area contributed by atoms with Gasteiger partial charge in [-0.25, -0.2) is 19.7 Å². The average molecular weight is 476 g/mol. The maximum absolute atomic E-state index is 12.7. The highest BCUT2D eigenvalue weighted by atomic mass is 16.7. The molecule has 0 spiro atoms. The average Bonchev–Trinajstić information content (AvgIpc) is 3.44. The number of methoxy groups -OCH3 is 1. The number of imidazole rings is 1. The first-order chi connectivity index (χ1) is 17.0. The lowest BCUT2D eigenvalue weighted by molar-refractivity contribution is -0.137. The molecule has 1 aliphatic heterocycles. The molecule has 1 aliphatic rings. The van der Waals surface area contributed by atoms with E-state index < -0.39 is 24.0 Å². The van der Waals surface area contributed by atoms with Crippen molar-refractivity contribution >= 4 is 23.0 Å². The van der Waals surface area contributed by atoms with Crippen molar-refractivity contribution in [2.24, 2.45) is 0 Å². The molecule has 1 fully saturated rings. The number of nitrogen functional groups attached to an aromatic ring is 1. The number of aliphatic hydroxyl groups is 1. The second kappa shape index (κ2) is 9.41. The topological polar surface area (TPSA) is 135 Å². The summed E-state index contributed by atoms with van der Waals surface area (Å²) in [6, 6.07) is 17.0. The van der Waals surface area contributed by atoms with Crippen LogP contribution in [0.5, 0.6) is 0 Å². The lowest BCUT2D eigenvalue weighted by Crippen LogP contribution is -2.45.